The van der Waals surface area contributed by atoms with Gasteiger partial charge in [0.1, 0.15) is 5.69 Å². The molecule has 0 aliphatic heterocycles. The highest BCUT2D eigenvalue weighted by Crippen LogP contribution is 2.35. The molecule has 0 bridgehead atoms. The number of H-pyrrole nitrogens is 1. The van der Waals surface area contributed by atoms with Gasteiger partial charge in [-0.25, -0.2) is 0 Å². The van der Waals surface area contributed by atoms with E-state index in [-0.39, 0.29) is 17.4 Å². The van der Waals surface area contributed by atoms with Gasteiger partial charge in [0.15, 0.2) is 0 Å². The molecule has 5 heteroatoms. The Balaban J connectivity index is 2.06. The van der Waals surface area contributed by atoms with Gasteiger partial charge in [-0.15, -0.1) is 0 Å². The summed E-state index contributed by atoms with van der Waals surface area (Å²) in [4.78, 5) is 12.0. The lowest BCUT2D eigenvalue weighted by atomic mass is 9.73. The number of hydrogen-bond acceptors (Lipinski definition) is 3. The number of nitrogens with two attached hydrogens (primary N) is 1. The molecule has 1 atom stereocenters. The number of carbonyl (C=O) groups is 1. The number of aromatic amines is 1. The fraction of sp³-hybridized carbons (Fsp3) is 0.667. The summed E-state index contributed by atoms with van der Waals surface area (Å²) in [6, 6.07) is 0.214. The highest BCUT2D eigenvalue weighted by Gasteiger charge is 2.33. The highest BCUT2D eigenvalue weighted by molar-refractivity contribution is 5.97. The van der Waals surface area contributed by atoms with E-state index in [1.54, 1.807) is 0 Å². The predicted molar refractivity (Wildman–Crippen MR) is 66.5 cm³/mol. The number of carbonyl (C=O) groups excluding carboxylic acids is 1. The standard InChI is InChI=1S/C12H20N4O/c1-12(2)6-4-3-5-9(12)15-11(17)10-8(13)7-14-16-10/h7,9H,3-6,13H2,1-2H3,(H,14,16)(H,15,17). The quantitative estimate of drug-likeness (QED) is 0.730. The summed E-state index contributed by atoms with van der Waals surface area (Å²) in [6.07, 6.45) is 6.06. The Kier molecular flexibility index (Phi) is 3.09. The van der Waals surface area contributed by atoms with Crippen LogP contribution in [0.3, 0.4) is 0 Å². The van der Waals surface area contributed by atoms with Gasteiger partial charge in [0.2, 0.25) is 0 Å². The maximum atomic E-state index is 12.0. The lowest BCUT2D eigenvalue weighted by Gasteiger charge is -2.38. The molecule has 1 unspecified atom stereocenters. The summed E-state index contributed by atoms with van der Waals surface area (Å²) in [7, 11) is 0. The molecule has 2 rings (SSSR count). The SMILES string of the molecule is CC1(C)CCCCC1NC(=O)c1[nH]ncc1N. The molecule has 4 N–H and O–H groups in total. The van der Waals surface area contributed by atoms with E-state index in [2.05, 4.69) is 29.4 Å². The van der Waals surface area contributed by atoms with Gasteiger partial charge in [0, 0.05) is 6.04 Å². The van der Waals surface area contributed by atoms with Crippen LogP contribution >= 0.6 is 0 Å². The number of rotatable bonds is 2. The molecule has 1 aromatic heterocycles. The molecule has 1 aromatic rings. The van der Waals surface area contributed by atoms with Crippen molar-refractivity contribution < 1.29 is 4.79 Å². The number of nitrogen functional groups attached to an aromatic ring is 1. The molecule has 94 valence electrons. The minimum atomic E-state index is -0.153. The molecule has 0 radical (unpaired) electrons. The maximum Gasteiger partial charge on any atom is 0.271 e. The zero-order chi connectivity index (χ0) is 12.5. The topological polar surface area (TPSA) is 83.8 Å². The number of hydrogen-bond donors (Lipinski definition) is 3. The van der Waals surface area contributed by atoms with Crippen LogP contribution in [0, 0.1) is 5.41 Å². The van der Waals surface area contributed by atoms with E-state index in [4.69, 9.17) is 5.73 Å². The molecule has 1 aliphatic rings. The molecule has 1 saturated carbocycles. The van der Waals surface area contributed by atoms with Crippen LogP contribution in [-0.4, -0.2) is 22.1 Å². The van der Waals surface area contributed by atoms with Crippen LogP contribution < -0.4 is 11.1 Å². The van der Waals surface area contributed by atoms with Crippen molar-refractivity contribution in [3.63, 3.8) is 0 Å². The predicted octanol–water partition coefficient (Wildman–Crippen LogP) is 1.69. The van der Waals surface area contributed by atoms with Crippen molar-refractivity contribution in [3.8, 4) is 0 Å². The van der Waals surface area contributed by atoms with Crippen molar-refractivity contribution >= 4 is 11.6 Å². The van der Waals surface area contributed by atoms with Crippen LogP contribution in [0.15, 0.2) is 6.20 Å². The molecule has 0 aromatic carbocycles. The summed E-state index contributed by atoms with van der Waals surface area (Å²) >= 11 is 0. The Morgan fingerprint density at radius 1 is 1.59 bits per heavy atom. The maximum absolute atomic E-state index is 12.0. The monoisotopic (exact) mass is 236 g/mol. The van der Waals surface area contributed by atoms with E-state index >= 15 is 0 Å². The van der Waals surface area contributed by atoms with Gasteiger partial charge < -0.3 is 11.1 Å². The van der Waals surface area contributed by atoms with E-state index in [9.17, 15) is 4.79 Å². The molecular weight excluding hydrogens is 216 g/mol. The van der Waals surface area contributed by atoms with Crippen molar-refractivity contribution in [2.45, 2.75) is 45.6 Å². The van der Waals surface area contributed by atoms with Crippen LogP contribution in [0.4, 0.5) is 5.69 Å². The third kappa shape index (κ3) is 2.43. The van der Waals surface area contributed by atoms with E-state index in [1.165, 1.54) is 19.0 Å². The summed E-state index contributed by atoms with van der Waals surface area (Å²) < 4.78 is 0. The fourth-order valence-corrected chi connectivity index (χ4v) is 2.47. The van der Waals surface area contributed by atoms with Gasteiger partial charge in [-0.1, -0.05) is 26.7 Å². The molecule has 1 amide bonds. The Morgan fingerprint density at radius 2 is 2.35 bits per heavy atom. The third-order valence-electron chi connectivity index (χ3n) is 3.71. The number of anilines is 1. The van der Waals surface area contributed by atoms with Gasteiger partial charge in [-0.2, -0.15) is 5.10 Å². The average Bonchev–Trinajstić information content (AvgIpc) is 2.67. The second kappa shape index (κ2) is 4.39. The number of nitrogens with zero attached hydrogens (tertiary/aromatic N) is 1. The molecule has 0 saturated heterocycles. The second-order valence-electron chi connectivity index (χ2n) is 5.46. The van der Waals surface area contributed by atoms with Crippen LogP contribution in [-0.2, 0) is 0 Å². The van der Waals surface area contributed by atoms with Crippen molar-refractivity contribution in [1.82, 2.24) is 15.5 Å². The van der Waals surface area contributed by atoms with Crippen molar-refractivity contribution in [2.24, 2.45) is 5.41 Å². The van der Waals surface area contributed by atoms with E-state index < -0.39 is 0 Å². The Labute approximate surface area is 101 Å². The first kappa shape index (κ1) is 12.0. The Morgan fingerprint density at radius 3 is 2.94 bits per heavy atom. The number of nitrogens with one attached hydrogen (secondary N) is 2. The minimum Gasteiger partial charge on any atom is -0.396 e. The van der Waals surface area contributed by atoms with Crippen LogP contribution in [0.2, 0.25) is 0 Å². The molecule has 17 heavy (non-hydrogen) atoms. The first-order valence-electron chi connectivity index (χ1n) is 6.10. The van der Waals surface area contributed by atoms with E-state index in [0.29, 0.717) is 11.4 Å². The molecule has 1 heterocycles. The molecular formula is C12H20N4O. The zero-order valence-electron chi connectivity index (χ0n) is 10.4. The van der Waals surface area contributed by atoms with Gasteiger partial charge in [-0.05, 0) is 18.3 Å². The first-order chi connectivity index (χ1) is 8.00. The smallest absolute Gasteiger partial charge is 0.271 e. The fourth-order valence-electron chi connectivity index (χ4n) is 2.47. The van der Waals surface area contributed by atoms with Crippen LogP contribution in [0.1, 0.15) is 50.0 Å². The van der Waals surface area contributed by atoms with Gasteiger partial charge >= 0.3 is 0 Å². The Bertz CT molecular complexity index is 410. The lowest BCUT2D eigenvalue weighted by Crippen LogP contribution is -2.47. The van der Waals surface area contributed by atoms with Gasteiger partial charge in [0.25, 0.3) is 5.91 Å². The highest BCUT2D eigenvalue weighted by atomic mass is 16.2. The summed E-state index contributed by atoms with van der Waals surface area (Å²) in [6.45, 7) is 4.40. The van der Waals surface area contributed by atoms with Crippen molar-refractivity contribution in [1.29, 1.82) is 0 Å². The molecule has 1 aliphatic carbocycles. The zero-order valence-corrected chi connectivity index (χ0v) is 10.4. The minimum absolute atomic E-state index is 0.153. The number of amides is 1. The van der Waals surface area contributed by atoms with Gasteiger partial charge in [-0.3, -0.25) is 9.89 Å². The summed E-state index contributed by atoms with van der Waals surface area (Å²) in [5.41, 5.74) is 6.58. The molecule has 0 spiro atoms. The second-order valence-corrected chi connectivity index (χ2v) is 5.46. The van der Waals surface area contributed by atoms with Crippen molar-refractivity contribution in [2.75, 3.05) is 5.73 Å². The van der Waals surface area contributed by atoms with Gasteiger partial charge in [0.05, 0.1) is 11.9 Å². The average molecular weight is 236 g/mol. The molecule has 5 nitrogen and oxygen atoms in total. The summed E-state index contributed by atoms with van der Waals surface area (Å²) in [5, 5.41) is 9.46. The van der Waals surface area contributed by atoms with Crippen LogP contribution in [0.5, 0.6) is 0 Å². The lowest BCUT2D eigenvalue weighted by molar-refractivity contribution is 0.0849. The van der Waals surface area contributed by atoms with E-state index in [0.717, 1.165) is 12.8 Å². The van der Waals surface area contributed by atoms with Crippen LogP contribution in [0.25, 0.3) is 0 Å². The first-order valence-corrected chi connectivity index (χ1v) is 6.10. The Hall–Kier alpha value is -1.52. The van der Waals surface area contributed by atoms with Crippen molar-refractivity contribution in [3.05, 3.63) is 11.9 Å². The number of aromatic nitrogens is 2. The van der Waals surface area contributed by atoms with E-state index in [1.807, 2.05) is 0 Å². The third-order valence-corrected chi connectivity index (χ3v) is 3.71. The normalized spacial score (nSPS) is 23.3. The largest absolute Gasteiger partial charge is 0.396 e. The molecule has 1 fully saturated rings. The summed E-state index contributed by atoms with van der Waals surface area (Å²) in [5.74, 6) is -0.153.